The molecule has 11 heteroatoms. The van der Waals surface area contributed by atoms with Crippen molar-refractivity contribution in [2.45, 2.75) is 44.1 Å². The third-order valence-electron chi connectivity index (χ3n) is 6.32. The Morgan fingerprint density at radius 1 is 1.18 bits per heavy atom. The molecule has 1 aliphatic rings. The van der Waals surface area contributed by atoms with Crippen LogP contribution in [0.25, 0.3) is 0 Å². The van der Waals surface area contributed by atoms with Crippen molar-refractivity contribution in [3.63, 3.8) is 0 Å². The van der Waals surface area contributed by atoms with E-state index in [0.717, 1.165) is 5.56 Å². The largest absolute Gasteiger partial charge is 0.486 e. The highest BCUT2D eigenvalue weighted by Crippen LogP contribution is 2.31. The molecule has 1 unspecified atom stereocenters. The van der Waals surface area contributed by atoms with E-state index in [2.05, 4.69) is 15.0 Å². The standard InChI is InChI=1S/C29H36N6O4S/c1-29(2,3)39-28(37)34(5)14-12-24(20-9-8-13-30-18-20)38-22-11-7-10-21(17-22)35-16-15-33(4)25-23(26(35)36)19-31-27(32-25)40-6/h7-11,13,17-19,24H,12,14-16H2,1-6H3. The highest BCUT2D eigenvalue weighted by atomic mass is 32.2. The second kappa shape index (κ2) is 12.5. The molecule has 0 saturated carbocycles. The van der Waals surface area contributed by atoms with Crippen molar-refractivity contribution >= 4 is 35.3 Å². The summed E-state index contributed by atoms with van der Waals surface area (Å²) in [5.41, 5.74) is 1.48. The molecule has 0 spiro atoms. The number of carbonyl (C=O) groups is 2. The molecule has 0 N–H and O–H groups in total. The highest BCUT2D eigenvalue weighted by Gasteiger charge is 2.28. The molecule has 0 fully saturated rings. The van der Waals surface area contributed by atoms with Gasteiger partial charge in [-0.1, -0.05) is 23.9 Å². The van der Waals surface area contributed by atoms with Crippen LogP contribution in [-0.2, 0) is 4.74 Å². The molecule has 3 heterocycles. The van der Waals surface area contributed by atoms with Gasteiger partial charge in [0.05, 0.1) is 0 Å². The van der Waals surface area contributed by atoms with Gasteiger partial charge >= 0.3 is 6.09 Å². The number of likely N-dealkylation sites (N-methyl/N-ethyl adjacent to an activating group) is 1. The molecule has 1 aliphatic heterocycles. The van der Waals surface area contributed by atoms with Crippen LogP contribution in [0.1, 0.15) is 49.2 Å². The van der Waals surface area contributed by atoms with E-state index in [0.29, 0.717) is 54.0 Å². The fourth-order valence-electron chi connectivity index (χ4n) is 4.24. The number of ether oxygens (including phenoxy) is 2. The van der Waals surface area contributed by atoms with E-state index in [1.54, 1.807) is 35.4 Å². The molecular weight excluding hydrogens is 528 g/mol. The van der Waals surface area contributed by atoms with E-state index < -0.39 is 11.7 Å². The van der Waals surface area contributed by atoms with E-state index in [4.69, 9.17) is 9.47 Å². The molecule has 1 aromatic carbocycles. The lowest BCUT2D eigenvalue weighted by atomic mass is 10.1. The minimum atomic E-state index is -0.575. The number of fused-ring (bicyclic) bond motifs is 1. The topological polar surface area (TPSA) is 101 Å². The summed E-state index contributed by atoms with van der Waals surface area (Å²) in [5, 5.41) is 0.626. The van der Waals surface area contributed by atoms with Crippen LogP contribution in [0.5, 0.6) is 5.75 Å². The summed E-state index contributed by atoms with van der Waals surface area (Å²) in [4.78, 5) is 44.5. The minimum absolute atomic E-state index is 0.160. The number of anilines is 2. The van der Waals surface area contributed by atoms with E-state index >= 15 is 0 Å². The van der Waals surface area contributed by atoms with Gasteiger partial charge in [0.2, 0.25) is 0 Å². The van der Waals surface area contributed by atoms with E-state index in [1.165, 1.54) is 11.8 Å². The molecule has 4 rings (SSSR count). The predicted octanol–water partition coefficient (Wildman–Crippen LogP) is 5.07. The molecular formula is C29H36N6O4S. The number of nitrogens with zero attached hydrogens (tertiary/aromatic N) is 6. The maximum Gasteiger partial charge on any atom is 0.410 e. The Hall–Kier alpha value is -3.86. The zero-order valence-electron chi connectivity index (χ0n) is 23.8. The van der Waals surface area contributed by atoms with Gasteiger partial charge in [0.25, 0.3) is 5.91 Å². The maximum absolute atomic E-state index is 13.6. The summed E-state index contributed by atoms with van der Waals surface area (Å²) < 4.78 is 11.9. The Balaban J connectivity index is 1.54. The summed E-state index contributed by atoms with van der Waals surface area (Å²) in [6, 6.07) is 11.3. The van der Waals surface area contributed by atoms with Crippen molar-refractivity contribution in [1.29, 1.82) is 0 Å². The Labute approximate surface area is 239 Å². The molecule has 0 radical (unpaired) electrons. The van der Waals surface area contributed by atoms with Crippen LogP contribution in [0.2, 0.25) is 0 Å². The molecule has 3 aromatic rings. The van der Waals surface area contributed by atoms with Crippen LogP contribution in [-0.4, -0.2) is 77.4 Å². The average Bonchev–Trinajstić information content (AvgIpc) is 3.06. The molecule has 40 heavy (non-hydrogen) atoms. The number of pyridine rings is 1. The lowest BCUT2D eigenvalue weighted by Gasteiger charge is -2.27. The van der Waals surface area contributed by atoms with Crippen molar-refractivity contribution in [1.82, 2.24) is 19.9 Å². The van der Waals surface area contributed by atoms with Gasteiger partial charge in [0.15, 0.2) is 5.16 Å². The first-order chi connectivity index (χ1) is 19.1. The quantitative estimate of drug-likeness (QED) is 0.274. The third kappa shape index (κ3) is 7.20. The molecule has 2 aromatic heterocycles. The third-order valence-corrected chi connectivity index (χ3v) is 6.88. The Morgan fingerprint density at radius 2 is 1.98 bits per heavy atom. The zero-order chi connectivity index (χ0) is 28.9. The zero-order valence-corrected chi connectivity index (χ0v) is 24.6. The minimum Gasteiger partial charge on any atom is -0.486 e. The van der Waals surface area contributed by atoms with Gasteiger partial charge in [-0.15, -0.1) is 0 Å². The second-order valence-corrected chi connectivity index (χ2v) is 11.3. The van der Waals surface area contributed by atoms with Gasteiger partial charge in [0, 0.05) is 76.1 Å². The van der Waals surface area contributed by atoms with Crippen molar-refractivity contribution in [3.8, 4) is 5.75 Å². The fraction of sp³-hybridized carbons (Fsp3) is 0.414. The van der Waals surface area contributed by atoms with Crippen LogP contribution in [0.15, 0.2) is 60.1 Å². The van der Waals surface area contributed by atoms with Crippen LogP contribution in [0.4, 0.5) is 16.3 Å². The average molecular weight is 565 g/mol. The van der Waals surface area contributed by atoms with Gasteiger partial charge in [0.1, 0.15) is 28.8 Å². The van der Waals surface area contributed by atoms with Gasteiger partial charge < -0.3 is 24.2 Å². The fourth-order valence-corrected chi connectivity index (χ4v) is 4.57. The summed E-state index contributed by atoms with van der Waals surface area (Å²) in [6.07, 6.45) is 6.73. The molecule has 212 valence electrons. The Bertz CT molecular complexity index is 1330. The smallest absolute Gasteiger partial charge is 0.410 e. The van der Waals surface area contributed by atoms with E-state index in [9.17, 15) is 9.59 Å². The molecule has 2 amide bonds. The number of hydrogen-bond donors (Lipinski definition) is 0. The van der Waals surface area contributed by atoms with Crippen molar-refractivity contribution in [2.75, 3.05) is 49.8 Å². The highest BCUT2D eigenvalue weighted by molar-refractivity contribution is 7.98. The number of rotatable bonds is 8. The number of benzene rings is 1. The molecule has 1 atom stereocenters. The van der Waals surface area contributed by atoms with Crippen LogP contribution in [0.3, 0.4) is 0 Å². The summed E-state index contributed by atoms with van der Waals surface area (Å²) in [6.45, 7) is 7.04. The first kappa shape index (κ1) is 29.1. The normalized spacial score (nSPS) is 14.3. The Morgan fingerprint density at radius 3 is 2.67 bits per heavy atom. The van der Waals surface area contributed by atoms with E-state index in [1.807, 2.05) is 75.4 Å². The first-order valence-electron chi connectivity index (χ1n) is 13.1. The number of thioether (sulfide) groups is 1. The molecule has 10 nitrogen and oxygen atoms in total. The Kier molecular flexibility index (Phi) is 9.14. The van der Waals surface area contributed by atoms with Crippen molar-refractivity contribution in [3.05, 3.63) is 66.1 Å². The van der Waals surface area contributed by atoms with Crippen LogP contribution in [0, 0.1) is 0 Å². The van der Waals surface area contributed by atoms with Gasteiger partial charge in [-0.05, 0) is 45.2 Å². The molecule has 0 aliphatic carbocycles. The van der Waals surface area contributed by atoms with Gasteiger partial charge in [-0.25, -0.2) is 14.8 Å². The number of hydrogen-bond acceptors (Lipinski definition) is 9. The number of amides is 2. The summed E-state index contributed by atoms with van der Waals surface area (Å²) >= 11 is 1.44. The molecule has 0 saturated heterocycles. The summed E-state index contributed by atoms with van der Waals surface area (Å²) in [7, 11) is 3.64. The van der Waals surface area contributed by atoms with Crippen LogP contribution < -0.4 is 14.5 Å². The van der Waals surface area contributed by atoms with Crippen LogP contribution >= 0.6 is 11.8 Å². The molecule has 0 bridgehead atoms. The van der Waals surface area contributed by atoms with Gasteiger partial charge in [-0.2, -0.15) is 0 Å². The number of aromatic nitrogens is 3. The monoisotopic (exact) mass is 564 g/mol. The van der Waals surface area contributed by atoms with Crippen molar-refractivity contribution < 1.29 is 19.1 Å². The lowest BCUT2D eigenvalue weighted by molar-refractivity contribution is 0.0278. The summed E-state index contributed by atoms with van der Waals surface area (Å²) in [5.74, 6) is 1.07. The first-order valence-corrected chi connectivity index (χ1v) is 14.3. The second-order valence-electron chi connectivity index (χ2n) is 10.6. The maximum atomic E-state index is 13.6. The predicted molar refractivity (Wildman–Crippen MR) is 156 cm³/mol. The lowest BCUT2D eigenvalue weighted by Crippen LogP contribution is -2.35. The SMILES string of the molecule is CSc1ncc2c(n1)N(C)CCN(c1cccc(OC(CCN(C)C(=O)OC(C)(C)C)c3cccnc3)c1)C2=O. The van der Waals surface area contributed by atoms with E-state index in [-0.39, 0.29) is 12.0 Å². The number of carbonyl (C=O) groups excluding carboxylic acids is 2. The van der Waals surface area contributed by atoms with Crippen molar-refractivity contribution in [2.24, 2.45) is 0 Å². The van der Waals surface area contributed by atoms with Gasteiger partial charge in [-0.3, -0.25) is 9.78 Å².